The van der Waals surface area contributed by atoms with Gasteiger partial charge in [0.1, 0.15) is 12.4 Å². The lowest BCUT2D eigenvalue weighted by atomic mass is 9.73. The molecule has 36 heavy (non-hydrogen) atoms. The Kier molecular flexibility index (Phi) is 7.90. The Morgan fingerprint density at radius 3 is 2.56 bits per heavy atom. The van der Waals surface area contributed by atoms with Crippen molar-refractivity contribution in [1.82, 2.24) is 10.2 Å². The van der Waals surface area contributed by atoms with Crippen molar-refractivity contribution < 1.29 is 14.3 Å². The lowest BCUT2D eigenvalue weighted by Crippen LogP contribution is -2.50. The smallest absolute Gasteiger partial charge is 0.238 e. The lowest BCUT2D eigenvalue weighted by Gasteiger charge is -2.40. The summed E-state index contributed by atoms with van der Waals surface area (Å²) in [5, 5.41) is 6.33. The third-order valence-corrected chi connectivity index (χ3v) is 8.30. The number of piperidine rings is 1. The molecular formula is C30H39N3O3. The molecular weight excluding hydrogens is 450 g/mol. The number of carbonyl (C=O) groups excluding carboxylic acids is 2. The second-order valence-electron chi connectivity index (χ2n) is 10.7. The molecule has 2 aliphatic heterocycles. The number of hydrogen-bond acceptors (Lipinski definition) is 4. The van der Waals surface area contributed by atoms with E-state index in [1.54, 1.807) is 0 Å². The van der Waals surface area contributed by atoms with Crippen molar-refractivity contribution in [2.24, 2.45) is 5.41 Å². The number of hydrogen-bond donors (Lipinski definition) is 2. The second-order valence-corrected chi connectivity index (χ2v) is 10.7. The van der Waals surface area contributed by atoms with Crippen LogP contribution in [0, 0.1) is 5.41 Å². The molecule has 2 aromatic rings. The van der Waals surface area contributed by atoms with Crippen LogP contribution in [0.4, 0.5) is 5.69 Å². The minimum atomic E-state index is -0.343. The van der Waals surface area contributed by atoms with Crippen LogP contribution in [0.1, 0.15) is 61.6 Å². The molecule has 3 aliphatic rings. The molecule has 6 nitrogen and oxygen atoms in total. The molecule has 192 valence electrons. The highest BCUT2D eigenvalue weighted by Gasteiger charge is 2.41. The summed E-state index contributed by atoms with van der Waals surface area (Å²) in [4.78, 5) is 28.4. The molecule has 0 unspecified atom stereocenters. The number of aryl methyl sites for hydroxylation is 2. The van der Waals surface area contributed by atoms with E-state index in [0.29, 0.717) is 19.7 Å². The zero-order valence-electron chi connectivity index (χ0n) is 21.3. The number of benzene rings is 2. The van der Waals surface area contributed by atoms with Crippen molar-refractivity contribution in [1.29, 1.82) is 0 Å². The van der Waals surface area contributed by atoms with E-state index in [-0.39, 0.29) is 17.2 Å². The third-order valence-electron chi connectivity index (χ3n) is 8.30. The Hall–Kier alpha value is -2.86. The Labute approximate surface area is 214 Å². The zero-order chi connectivity index (χ0) is 24.8. The number of amides is 2. The average Bonchev–Trinajstić information content (AvgIpc) is 2.90. The normalized spacial score (nSPS) is 20.6. The van der Waals surface area contributed by atoms with Gasteiger partial charge in [-0.05, 0) is 99.7 Å². The Morgan fingerprint density at radius 1 is 0.917 bits per heavy atom. The molecule has 6 heteroatoms. The monoisotopic (exact) mass is 489 g/mol. The SMILES string of the molecule is O=C(CN1CCC2(CCCCc3ccccc3OCCNC2=O)CC1)Nc1cccc2c1CCCC2. The molecule has 2 N–H and O–H groups in total. The summed E-state index contributed by atoms with van der Waals surface area (Å²) in [7, 11) is 0. The summed E-state index contributed by atoms with van der Waals surface area (Å²) in [5.74, 6) is 1.13. The highest BCUT2D eigenvalue weighted by Crippen LogP contribution is 2.38. The third kappa shape index (κ3) is 5.75. The van der Waals surface area contributed by atoms with E-state index in [9.17, 15) is 9.59 Å². The summed E-state index contributed by atoms with van der Waals surface area (Å²) in [6.07, 6.45) is 10.1. The van der Waals surface area contributed by atoms with Crippen molar-refractivity contribution in [3.05, 3.63) is 59.2 Å². The van der Waals surface area contributed by atoms with Gasteiger partial charge in [-0.3, -0.25) is 14.5 Å². The first-order valence-electron chi connectivity index (χ1n) is 13.7. The molecule has 0 atom stereocenters. The predicted octanol–water partition coefficient (Wildman–Crippen LogP) is 4.51. The summed E-state index contributed by atoms with van der Waals surface area (Å²) in [6, 6.07) is 14.5. The standard InChI is InChI=1S/C30H39N3O3/c34-28(32-26-13-7-11-23-8-1-3-12-25(23)26)22-33-19-16-30(17-20-33)15-6-5-10-24-9-2-4-14-27(24)36-21-18-31-29(30)35/h2,4,7,9,11,13-14H,1,3,5-6,8,10,12,15-22H2,(H,31,35)(H,32,34). The number of likely N-dealkylation sites (tertiary alicyclic amines) is 1. The van der Waals surface area contributed by atoms with Crippen molar-refractivity contribution in [2.75, 3.05) is 38.1 Å². The number of para-hydroxylation sites is 1. The Balaban J connectivity index is 1.16. The molecule has 2 heterocycles. The van der Waals surface area contributed by atoms with Crippen LogP contribution in [0.15, 0.2) is 42.5 Å². The van der Waals surface area contributed by atoms with E-state index in [1.165, 1.54) is 29.5 Å². The van der Waals surface area contributed by atoms with Crippen molar-refractivity contribution in [3.8, 4) is 5.75 Å². The molecule has 5 rings (SSSR count). The number of anilines is 1. The van der Waals surface area contributed by atoms with Gasteiger partial charge in [0.05, 0.1) is 18.5 Å². The molecule has 1 saturated heterocycles. The molecule has 0 aromatic heterocycles. The highest BCUT2D eigenvalue weighted by atomic mass is 16.5. The van der Waals surface area contributed by atoms with E-state index < -0.39 is 0 Å². The minimum Gasteiger partial charge on any atom is -0.491 e. The highest BCUT2D eigenvalue weighted by molar-refractivity contribution is 5.93. The first-order chi connectivity index (χ1) is 17.6. The van der Waals surface area contributed by atoms with Gasteiger partial charge in [-0.15, -0.1) is 0 Å². The van der Waals surface area contributed by atoms with E-state index in [1.807, 2.05) is 18.2 Å². The van der Waals surface area contributed by atoms with Crippen LogP contribution in [-0.2, 0) is 28.9 Å². The number of nitrogens with one attached hydrogen (secondary N) is 2. The van der Waals surface area contributed by atoms with Gasteiger partial charge in [0.25, 0.3) is 0 Å². The maximum absolute atomic E-state index is 13.3. The summed E-state index contributed by atoms with van der Waals surface area (Å²) in [5.41, 5.74) is 4.57. The van der Waals surface area contributed by atoms with Gasteiger partial charge in [-0.2, -0.15) is 0 Å². The quantitative estimate of drug-likeness (QED) is 0.666. The maximum Gasteiger partial charge on any atom is 0.238 e. The number of nitrogens with zero attached hydrogens (tertiary/aromatic N) is 1. The van der Waals surface area contributed by atoms with Crippen LogP contribution in [0.2, 0.25) is 0 Å². The van der Waals surface area contributed by atoms with E-state index in [0.717, 1.165) is 75.9 Å². The molecule has 0 radical (unpaired) electrons. The maximum atomic E-state index is 13.3. The first kappa shape index (κ1) is 24.8. The minimum absolute atomic E-state index is 0.0453. The summed E-state index contributed by atoms with van der Waals surface area (Å²) in [6.45, 7) is 2.92. The largest absolute Gasteiger partial charge is 0.491 e. The molecule has 2 amide bonds. The second kappa shape index (κ2) is 11.5. The van der Waals surface area contributed by atoms with Gasteiger partial charge in [-0.25, -0.2) is 0 Å². The Bertz CT molecular complexity index is 1070. The van der Waals surface area contributed by atoms with Crippen LogP contribution >= 0.6 is 0 Å². The van der Waals surface area contributed by atoms with E-state index in [2.05, 4.69) is 39.8 Å². The summed E-state index contributed by atoms with van der Waals surface area (Å²) < 4.78 is 5.96. The topological polar surface area (TPSA) is 70.7 Å². The fourth-order valence-electron chi connectivity index (χ4n) is 6.16. The molecule has 1 fully saturated rings. The van der Waals surface area contributed by atoms with E-state index >= 15 is 0 Å². The predicted molar refractivity (Wildman–Crippen MR) is 142 cm³/mol. The van der Waals surface area contributed by atoms with Gasteiger partial charge in [-0.1, -0.05) is 36.8 Å². The van der Waals surface area contributed by atoms with Crippen molar-refractivity contribution >= 4 is 17.5 Å². The van der Waals surface area contributed by atoms with Gasteiger partial charge in [0, 0.05) is 5.69 Å². The number of ether oxygens (including phenoxy) is 1. The molecule has 1 spiro atoms. The molecule has 0 saturated carbocycles. The van der Waals surface area contributed by atoms with Crippen LogP contribution in [-0.4, -0.2) is 49.5 Å². The fourth-order valence-corrected chi connectivity index (χ4v) is 6.16. The van der Waals surface area contributed by atoms with Crippen LogP contribution in [0.3, 0.4) is 0 Å². The molecule has 2 aromatic carbocycles. The van der Waals surface area contributed by atoms with Crippen LogP contribution in [0.5, 0.6) is 5.75 Å². The lowest BCUT2D eigenvalue weighted by molar-refractivity contribution is -0.135. The first-order valence-corrected chi connectivity index (χ1v) is 13.7. The number of rotatable bonds is 3. The summed E-state index contributed by atoms with van der Waals surface area (Å²) >= 11 is 0. The number of carbonyl (C=O) groups is 2. The zero-order valence-corrected chi connectivity index (χ0v) is 21.3. The van der Waals surface area contributed by atoms with Crippen LogP contribution in [0.25, 0.3) is 0 Å². The molecule has 0 bridgehead atoms. The Morgan fingerprint density at radius 2 is 1.67 bits per heavy atom. The van der Waals surface area contributed by atoms with E-state index in [4.69, 9.17) is 4.74 Å². The van der Waals surface area contributed by atoms with Crippen molar-refractivity contribution in [2.45, 2.75) is 64.2 Å². The van der Waals surface area contributed by atoms with Gasteiger partial charge in [0.2, 0.25) is 11.8 Å². The van der Waals surface area contributed by atoms with Gasteiger partial charge >= 0.3 is 0 Å². The average molecular weight is 490 g/mol. The van der Waals surface area contributed by atoms with Gasteiger partial charge < -0.3 is 15.4 Å². The van der Waals surface area contributed by atoms with Gasteiger partial charge in [0.15, 0.2) is 0 Å². The fraction of sp³-hybridized carbons (Fsp3) is 0.533. The molecule has 1 aliphatic carbocycles. The van der Waals surface area contributed by atoms with Crippen LogP contribution < -0.4 is 15.4 Å². The van der Waals surface area contributed by atoms with Crippen molar-refractivity contribution in [3.63, 3.8) is 0 Å². The number of fused-ring (bicyclic) bond motifs is 2.